The SMILES string of the molecule is COC1CCCN(C(=O)c2ccc(C(=O)O)s2)C1. The first kappa shape index (κ1) is 13.0. The van der Waals surface area contributed by atoms with Crippen molar-refractivity contribution in [1.29, 1.82) is 0 Å². The lowest BCUT2D eigenvalue weighted by Gasteiger charge is -2.31. The second-order valence-electron chi connectivity index (χ2n) is 4.22. The summed E-state index contributed by atoms with van der Waals surface area (Å²) in [5.41, 5.74) is 0. The molecule has 5 nitrogen and oxygen atoms in total. The zero-order chi connectivity index (χ0) is 13.1. The van der Waals surface area contributed by atoms with Crippen molar-refractivity contribution in [1.82, 2.24) is 4.90 Å². The topological polar surface area (TPSA) is 66.8 Å². The first-order chi connectivity index (χ1) is 8.61. The molecule has 0 radical (unpaired) electrons. The molecule has 1 atom stereocenters. The molecule has 2 rings (SSSR count). The summed E-state index contributed by atoms with van der Waals surface area (Å²) < 4.78 is 5.27. The van der Waals surface area contributed by atoms with Crippen molar-refractivity contribution in [2.24, 2.45) is 0 Å². The summed E-state index contributed by atoms with van der Waals surface area (Å²) in [6.07, 6.45) is 1.97. The molecule has 1 fully saturated rings. The molecule has 0 spiro atoms. The molecule has 6 heteroatoms. The Labute approximate surface area is 109 Å². The number of carbonyl (C=O) groups excluding carboxylic acids is 1. The Balaban J connectivity index is 2.07. The number of thiophene rings is 1. The lowest BCUT2D eigenvalue weighted by atomic mass is 10.1. The van der Waals surface area contributed by atoms with E-state index in [-0.39, 0.29) is 16.9 Å². The molecule has 1 N–H and O–H groups in total. The molecule has 1 saturated heterocycles. The van der Waals surface area contributed by atoms with Gasteiger partial charge in [0.2, 0.25) is 0 Å². The first-order valence-electron chi connectivity index (χ1n) is 5.77. The molecule has 1 aliphatic rings. The summed E-state index contributed by atoms with van der Waals surface area (Å²) in [7, 11) is 1.65. The molecule has 18 heavy (non-hydrogen) atoms. The Hall–Kier alpha value is -1.40. The lowest BCUT2D eigenvalue weighted by Crippen LogP contribution is -2.42. The molecule has 1 aromatic rings. The van der Waals surface area contributed by atoms with Crippen molar-refractivity contribution in [3.05, 3.63) is 21.9 Å². The summed E-state index contributed by atoms with van der Waals surface area (Å²) in [5.74, 6) is -1.10. The number of aromatic carboxylic acids is 1. The Morgan fingerprint density at radius 3 is 2.78 bits per heavy atom. The van der Waals surface area contributed by atoms with Crippen molar-refractivity contribution in [2.75, 3.05) is 20.2 Å². The van der Waals surface area contributed by atoms with E-state index in [1.54, 1.807) is 18.1 Å². The van der Waals surface area contributed by atoms with E-state index in [9.17, 15) is 9.59 Å². The number of nitrogens with zero attached hydrogens (tertiary/aromatic N) is 1. The van der Waals surface area contributed by atoms with Crippen LogP contribution in [-0.2, 0) is 4.74 Å². The van der Waals surface area contributed by atoms with Crippen molar-refractivity contribution >= 4 is 23.2 Å². The largest absolute Gasteiger partial charge is 0.477 e. The van der Waals surface area contributed by atoms with Gasteiger partial charge >= 0.3 is 5.97 Å². The lowest BCUT2D eigenvalue weighted by molar-refractivity contribution is 0.0271. The number of ether oxygens (including phenoxy) is 1. The summed E-state index contributed by atoms with van der Waals surface area (Å²) in [6.45, 7) is 1.29. The van der Waals surface area contributed by atoms with Crippen molar-refractivity contribution in [3.63, 3.8) is 0 Å². The number of amides is 1. The van der Waals surface area contributed by atoms with Crippen LogP contribution in [0.2, 0.25) is 0 Å². The van der Waals surface area contributed by atoms with Gasteiger partial charge in [-0.15, -0.1) is 11.3 Å². The van der Waals surface area contributed by atoms with E-state index < -0.39 is 5.97 Å². The number of methoxy groups -OCH3 is 1. The second kappa shape index (κ2) is 5.49. The number of carboxylic acid groups (broad SMARTS) is 1. The van der Waals surface area contributed by atoms with Gasteiger partial charge in [0.1, 0.15) is 4.88 Å². The van der Waals surface area contributed by atoms with Crippen LogP contribution in [0.15, 0.2) is 12.1 Å². The minimum absolute atomic E-state index is 0.0848. The maximum Gasteiger partial charge on any atom is 0.345 e. The fourth-order valence-electron chi connectivity index (χ4n) is 2.04. The Morgan fingerprint density at radius 1 is 1.44 bits per heavy atom. The highest BCUT2D eigenvalue weighted by molar-refractivity contribution is 7.15. The Kier molecular flexibility index (Phi) is 3.98. The number of hydrogen-bond acceptors (Lipinski definition) is 4. The summed E-state index contributed by atoms with van der Waals surface area (Å²) in [6, 6.07) is 3.05. The highest BCUT2D eigenvalue weighted by atomic mass is 32.1. The molecule has 1 aromatic heterocycles. The van der Waals surface area contributed by atoms with Crippen LogP contribution in [-0.4, -0.2) is 48.2 Å². The maximum absolute atomic E-state index is 12.2. The molecule has 1 amide bonds. The van der Waals surface area contributed by atoms with Crippen LogP contribution in [0, 0.1) is 0 Å². The van der Waals surface area contributed by atoms with Crippen LogP contribution in [0.5, 0.6) is 0 Å². The van der Waals surface area contributed by atoms with Gasteiger partial charge in [-0.25, -0.2) is 4.79 Å². The van der Waals surface area contributed by atoms with Crippen LogP contribution in [0.3, 0.4) is 0 Å². The molecule has 1 unspecified atom stereocenters. The average molecular weight is 269 g/mol. The number of carboxylic acids is 1. The van der Waals surface area contributed by atoms with Crippen molar-refractivity contribution in [3.8, 4) is 0 Å². The molecule has 0 aliphatic carbocycles. The van der Waals surface area contributed by atoms with Crippen LogP contribution >= 0.6 is 11.3 Å². The van der Waals surface area contributed by atoms with Gasteiger partial charge in [-0.1, -0.05) is 0 Å². The van der Waals surface area contributed by atoms with Crippen molar-refractivity contribution in [2.45, 2.75) is 18.9 Å². The molecule has 0 bridgehead atoms. The van der Waals surface area contributed by atoms with Crippen LogP contribution in [0.4, 0.5) is 0 Å². The molecule has 0 saturated carbocycles. The van der Waals surface area contributed by atoms with E-state index in [1.807, 2.05) is 0 Å². The fraction of sp³-hybridized carbons (Fsp3) is 0.500. The number of piperidine rings is 1. The van der Waals surface area contributed by atoms with Gasteiger partial charge in [-0.05, 0) is 25.0 Å². The molecule has 2 heterocycles. The summed E-state index contributed by atoms with van der Waals surface area (Å²) in [5, 5.41) is 8.84. The van der Waals surface area contributed by atoms with Gasteiger partial charge in [0.05, 0.1) is 11.0 Å². The number of hydrogen-bond donors (Lipinski definition) is 1. The third-order valence-electron chi connectivity index (χ3n) is 3.03. The number of carbonyl (C=O) groups is 2. The van der Waals surface area contributed by atoms with E-state index in [4.69, 9.17) is 9.84 Å². The molecular weight excluding hydrogens is 254 g/mol. The van der Waals surface area contributed by atoms with Crippen LogP contribution in [0.1, 0.15) is 32.2 Å². The summed E-state index contributed by atoms with van der Waals surface area (Å²) in [4.78, 5) is 25.4. The van der Waals surface area contributed by atoms with Gasteiger partial charge in [-0.3, -0.25) is 4.79 Å². The van der Waals surface area contributed by atoms with Gasteiger partial charge in [0.25, 0.3) is 5.91 Å². The second-order valence-corrected chi connectivity index (χ2v) is 5.30. The number of rotatable bonds is 3. The average Bonchev–Trinajstić information content (AvgIpc) is 2.87. The molecule has 1 aliphatic heterocycles. The minimum Gasteiger partial charge on any atom is -0.477 e. The van der Waals surface area contributed by atoms with Gasteiger partial charge in [0, 0.05) is 20.2 Å². The van der Waals surface area contributed by atoms with Crippen LogP contribution < -0.4 is 0 Å². The smallest absolute Gasteiger partial charge is 0.345 e. The highest BCUT2D eigenvalue weighted by Gasteiger charge is 2.25. The molecular formula is C12H15NO4S. The third-order valence-corrected chi connectivity index (χ3v) is 4.09. The van der Waals surface area contributed by atoms with Crippen molar-refractivity contribution < 1.29 is 19.4 Å². The Morgan fingerprint density at radius 2 is 2.17 bits per heavy atom. The quantitative estimate of drug-likeness (QED) is 0.907. The zero-order valence-corrected chi connectivity index (χ0v) is 10.9. The van der Waals surface area contributed by atoms with E-state index >= 15 is 0 Å². The van der Waals surface area contributed by atoms with Gasteiger partial charge in [-0.2, -0.15) is 0 Å². The van der Waals surface area contributed by atoms with E-state index in [2.05, 4.69) is 0 Å². The third kappa shape index (κ3) is 2.70. The van der Waals surface area contributed by atoms with E-state index in [1.165, 1.54) is 6.07 Å². The predicted octanol–water partition coefficient (Wildman–Crippen LogP) is 1.70. The molecule has 98 valence electrons. The molecule has 0 aromatic carbocycles. The minimum atomic E-state index is -0.993. The monoisotopic (exact) mass is 269 g/mol. The first-order valence-corrected chi connectivity index (χ1v) is 6.58. The standard InChI is InChI=1S/C12H15NO4S/c1-17-8-3-2-6-13(7-8)11(14)9-4-5-10(18-9)12(15)16/h4-5,8H,2-3,6-7H2,1H3,(H,15,16). The number of likely N-dealkylation sites (tertiary alicyclic amines) is 1. The van der Waals surface area contributed by atoms with E-state index in [0.29, 0.717) is 18.0 Å². The predicted molar refractivity (Wildman–Crippen MR) is 67.2 cm³/mol. The zero-order valence-electron chi connectivity index (χ0n) is 10.1. The van der Waals surface area contributed by atoms with Gasteiger partial charge < -0.3 is 14.7 Å². The Bertz CT molecular complexity index is 457. The van der Waals surface area contributed by atoms with E-state index in [0.717, 1.165) is 24.2 Å². The normalized spacial score (nSPS) is 19.8. The fourth-order valence-corrected chi connectivity index (χ4v) is 2.85. The summed E-state index contributed by atoms with van der Waals surface area (Å²) >= 11 is 1.02. The van der Waals surface area contributed by atoms with Gasteiger partial charge in [0.15, 0.2) is 0 Å². The highest BCUT2D eigenvalue weighted by Crippen LogP contribution is 2.21. The van der Waals surface area contributed by atoms with Crippen LogP contribution in [0.25, 0.3) is 0 Å². The maximum atomic E-state index is 12.2.